The van der Waals surface area contributed by atoms with Crippen molar-refractivity contribution in [3.05, 3.63) is 78.2 Å². The summed E-state index contributed by atoms with van der Waals surface area (Å²) in [6.45, 7) is 1.45. The summed E-state index contributed by atoms with van der Waals surface area (Å²) in [6.07, 6.45) is 3.94. The minimum absolute atomic E-state index is 0.174. The van der Waals surface area contributed by atoms with Gasteiger partial charge in [-0.1, -0.05) is 48.5 Å². The number of nitrogens with zero attached hydrogens (tertiary/aromatic N) is 3. The lowest BCUT2D eigenvalue weighted by Crippen LogP contribution is -2.58. The van der Waals surface area contributed by atoms with E-state index in [4.69, 9.17) is 4.74 Å². The number of carbonyl (C=O) groups excluding carboxylic acids is 2. The molecule has 8 heteroatoms. The minimum Gasteiger partial charge on any atom is -0.834 e. The van der Waals surface area contributed by atoms with Crippen molar-refractivity contribution in [3.63, 3.8) is 0 Å². The molecule has 0 bridgehead atoms. The number of piperidine rings is 1. The number of fused-ring (bicyclic) bond motifs is 3. The van der Waals surface area contributed by atoms with Crippen LogP contribution in [0.5, 0.6) is 0 Å². The number of aromatic nitrogens is 2. The van der Waals surface area contributed by atoms with Gasteiger partial charge < -0.3 is 19.6 Å². The number of rotatable bonds is 5. The fourth-order valence-corrected chi connectivity index (χ4v) is 5.16. The molecule has 2 aromatic carbocycles. The summed E-state index contributed by atoms with van der Waals surface area (Å²) in [6, 6.07) is 16.1. The lowest BCUT2D eigenvalue weighted by Gasteiger charge is -2.42. The number of likely N-dealkylation sites (N-methyl/N-ethyl adjacent to an activating group) is 1. The molecule has 1 aliphatic carbocycles. The van der Waals surface area contributed by atoms with Crippen molar-refractivity contribution in [1.82, 2.24) is 9.97 Å². The molecule has 174 valence electrons. The monoisotopic (exact) mass is 458 g/mol. The molecule has 5 rings (SSSR count). The largest absolute Gasteiger partial charge is 0.834 e. The Balaban J connectivity index is 1.31. The molecule has 1 aromatic heterocycles. The SMILES string of the molecule is C[N@@+]1(CC(=O)Nc2ccncn2)CCCC(OC(=O)C2([O-])c3ccccc3-c3ccccc32)C1. The van der Waals surface area contributed by atoms with Crippen LogP contribution >= 0.6 is 0 Å². The number of benzene rings is 2. The highest BCUT2D eigenvalue weighted by Gasteiger charge is 2.43. The zero-order valence-electron chi connectivity index (χ0n) is 18.9. The van der Waals surface area contributed by atoms with Crippen LogP contribution in [0.2, 0.25) is 0 Å². The van der Waals surface area contributed by atoms with Gasteiger partial charge in [0.05, 0.1) is 13.6 Å². The normalized spacial score (nSPS) is 22.4. The molecule has 0 spiro atoms. The van der Waals surface area contributed by atoms with Crippen LogP contribution in [-0.4, -0.2) is 59.1 Å². The van der Waals surface area contributed by atoms with Gasteiger partial charge in [0.1, 0.15) is 18.7 Å². The quantitative estimate of drug-likeness (QED) is 0.462. The van der Waals surface area contributed by atoms with Gasteiger partial charge in [0, 0.05) is 18.2 Å². The first-order chi connectivity index (χ1) is 16.4. The zero-order chi connectivity index (χ0) is 23.8. The van der Waals surface area contributed by atoms with Crippen molar-refractivity contribution in [1.29, 1.82) is 0 Å². The van der Waals surface area contributed by atoms with Gasteiger partial charge in [-0.25, -0.2) is 9.97 Å². The third kappa shape index (κ3) is 3.95. The molecular weight excluding hydrogens is 432 g/mol. The van der Waals surface area contributed by atoms with E-state index in [0.717, 1.165) is 24.1 Å². The van der Waals surface area contributed by atoms with Crippen LogP contribution in [0.3, 0.4) is 0 Å². The van der Waals surface area contributed by atoms with Crippen LogP contribution in [0.4, 0.5) is 5.82 Å². The second-order valence-electron chi connectivity index (χ2n) is 9.27. The Hall–Kier alpha value is -3.62. The number of ether oxygens (including phenoxy) is 1. The Kier molecular flexibility index (Phi) is 5.63. The Morgan fingerprint density at radius 2 is 1.79 bits per heavy atom. The van der Waals surface area contributed by atoms with Gasteiger partial charge in [-0.2, -0.15) is 0 Å². The van der Waals surface area contributed by atoms with Crippen molar-refractivity contribution in [2.45, 2.75) is 24.5 Å². The number of carbonyl (C=O) groups is 2. The zero-order valence-corrected chi connectivity index (χ0v) is 18.9. The molecule has 1 saturated heterocycles. The topological polar surface area (TPSA) is 104 Å². The summed E-state index contributed by atoms with van der Waals surface area (Å²) in [7, 11) is 1.96. The smallest absolute Gasteiger partial charge is 0.304 e. The number of esters is 1. The Morgan fingerprint density at radius 3 is 2.44 bits per heavy atom. The summed E-state index contributed by atoms with van der Waals surface area (Å²) in [5.74, 6) is -0.514. The number of quaternary nitrogens is 1. The fraction of sp³-hybridized carbons (Fsp3) is 0.308. The first-order valence-electron chi connectivity index (χ1n) is 11.4. The standard InChI is InChI=1S/C26H26N4O4/c1-30(16-24(31)29-23-12-13-27-17-28-23)14-6-7-18(15-30)34-25(32)26(33)21-10-4-2-8-19(21)20-9-3-5-11-22(20)26/h2-5,8-13,17-18H,6-7,14-16H2,1H3,(H,27,28,29,31)/t18?,30-/m1/s1. The summed E-state index contributed by atoms with van der Waals surface area (Å²) in [5.41, 5.74) is 0.307. The van der Waals surface area contributed by atoms with E-state index in [0.29, 0.717) is 34.4 Å². The van der Waals surface area contributed by atoms with Crippen molar-refractivity contribution in [3.8, 4) is 11.1 Å². The molecule has 1 fully saturated rings. The third-order valence-corrected chi connectivity index (χ3v) is 6.71. The van der Waals surface area contributed by atoms with Gasteiger partial charge in [-0.3, -0.25) is 9.59 Å². The van der Waals surface area contributed by atoms with Gasteiger partial charge >= 0.3 is 5.97 Å². The van der Waals surface area contributed by atoms with Gasteiger partial charge in [-0.05, 0) is 34.7 Å². The summed E-state index contributed by atoms with van der Waals surface area (Å²) < 4.78 is 6.28. The predicted molar refractivity (Wildman–Crippen MR) is 123 cm³/mol. The maximum absolute atomic E-state index is 14.1. The molecule has 0 saturated carbocycles. The van der Waals surface area contributed by atoms with Crippen molar-refractivity contribution in [2.24, 2.45) is 0 Å². The second-order valence-corrected chi connectivity index (χ2v) is 9.27. The van der Waals surface area contributed by atoms with Crippen LogP contribution in [-0.2, 0) is 19.9 Å². The summed E-state index contributed by atoms with van der Waals surface area (Å²) >= 11 is 0. The van der Waals surface area contributed by atoms with Gasteiger partial charge in [0.15, 0.2) is 12.6 Å². The molecule has 8 nitrogen and oxygen atoms in total. The van der Waals surface area contributed by atoms with E-state index in [-0.39, 0.29) is 12.5 Å². The highest BCUT2D eigenvalue weighted by atomic mass is 16.6. The molecular formula is C26H26N4O4. The van der Waals surface area contributed by atoms with Crippen LogP contribution in [0.1, 0.15) is 24.0 Å². The number of nitrogens with one attached hydrogen (secondary N) is 1. The molecule has 2 heterocycles. The number of hydrogen-bond acceptors (Lipinski definition) is 6. The Morgan fingerprint density at radius 1 is 1.12 bits per heavy atom. The average Bonchev–Trinajstić information content (AvgIpc) is 3.09. The maximum Gasteiger partial charge on any atom is 0.304 e. The van der Waals surface area contributed by atoms with E-state index >= 15 is 0 Å². The van der Waals surface area contributed by atoms with Gasteiger partial charge in [-0.15, -0.1) is 0 Å². The summed E-state index contributed by atoms with van der Waals surface area (Å²) in [5, 5.41) is 16.9. The van der Waals surface area contributed by atoms with Crippen LogP contribution in [0, 0.1) is 0 Å². The Bertz CT molecular complexity index is 1190. The minimum atomic E-state index is -2.10. The first kappa shape index (κ1) is 22.2. The first-order valence-corrected chi connectivity index (χ1v) is 11.4. The molecule has 34 heavy (non-hydrogen) atoms. The van der Waals surface area contributed by atoms with Crippen molar-refractivity contribution >= 4 is 17.7 Å². The number of likely N-dealkylation sites (tertiary alicyclic amines) is 1. The van der Waals surface area contributed by atoms with Crippen LogP contribution in [0.25, 0.3) is 11.1 Å². The molecule has 2 atom stereocenters. The van der Waals surface area contributed by atoms with Gasteiger partial charge in [0.2, 0.25) is 0 Å². The van der Waals surface area contributed by atoms with E-state index in [9.17, 15) is 14.7 Å². The van der Waals surface area contributed by atoms with E-state index in [1.165, 1.54) is 6.33 Å². The molecule has 3 aromatic rings. The van der Waals surface area contributed by atoms with E-state index in [1.54, 1.807) is 36.5 Å². The van der Waals surface area contributed by atoms with E-state index in [2.05, 4.69) is 15.3 Å². The van der Waals surface area contributed by atoms with Crippen LogP contribution in [0.15, 0.2) is 67.1 Å². The highest BCUT2D eigenvalue weighted by molar-refractivity contribution is 5.95. The third-order valence-electron chi connectivity index (χ3n) is 6.71. The molecule has 1 aliphatic heterocycles. The number of hydrogen-bond donors (Lipinski definition) is 1. The predicted octanol–water partition coefficient (Wildman–Crippen LogP) is 1.85. The second kappa shape index (κ2) is 8.62. The van der Waals surface area contributed by atoms with E-state index < -0.39 is 17.7 Å². The van der Waals surface area contributed by atoms with Crippen LogP contribution < -0.4 is 10.4 Å². The maximum atomic E-state index is 14.1. The van der Waals surface area contributed by atoms with E-state index in [1.807, 2.05) is 31.3 Å². The molecule has 0 radical (unpaired) electrons. The highest BCUT2D eigenvalue weighted by Crippen LogP contribution is 2.46. The van der Waals surface area contributed by atoms with Gasteiger partial charge in [0.25, 0.3) is 5.91 Å². The number of anilines is 1. The van der Waals surface area contributed by atoms with Crippen molar-refractivity contribution < 1.29 is 23.9 Å². The molecule has 1 amide bonds. The average molecular weight is 459 g/mol. The molecule has 1 N–H and O–H groups in total. The Labute approximate surface area is 197 Å². The van der Waals surface area contributed by atoms with Crippen molar-refractivity contribution in [2.75, 3.05) is 32.0 Å². The lowest BCUT2D eigenvalue weighted by atomic mass is 9.91. The summed E-state index contributed by atoms with van der Waals surface area (Å²) in [4.78, 5) is 33.9. The fourth-order valence-electron chi connectivity index (χ4n) is 5.16. The molecule has 2 aliphatic rings. The number of amides is 1. The molecule has 1 unspecified atom stereocenters. The lowest BCUT2D eigenvalue weighted by molar-refractivity contribution is -0.909.